The highest BCUT2D eigenvalue weighted by molar-refractivity contribution is 7.22. The summed E-state index contributed by atoms with van der Waals surface area (Å²) in [4.78, 5) is 17.0. The molecular formula is C19H20N2O4S. The molecule has 1 N–H and O–H groups in total. The maximum Gasteiger partial charge on any atom is 0.230 e. The van der Waals surface area contributed by atoms with Crippen molar-refractivity contribution in [3.05, 3.63) is 41.5 Å². The molecular weight excluding hydrogens is 352 g/mol. The summed E-state index contributed by atoms with van der Waals surface area (Å²) in [6.45, 7) is 2.00. The molecule has 0 fully saturated rings. The number of hydrogen-bond acceptors (Lipinski definition) is 6. The van der Waals surface area contributed by atoms with Gasteiger partial charge >= 0.3 is 0 Å². The number of benzene rings is 2. The molecule has 0 atom stereocenters. The smallest absolute Gasteiger partial charge is 0.230 e. The van der Waals surface area contributed by atoms with Gasteiger partial charge in [0.2, 0.25) is 11.7 Å². The largest absolute Gasteiger partial charge is 0.493 e. The molecule has 0 aliphatic carbocycles. The summed E-state index contributed by atoms with van der Waals surface area (Å²) in [6, 6.07) is 9.53. The van der Waals surface area contributed by atoms with E-state index in [1.54, 1.807) is 19.2 Å². The maximum atomic E-state index is 12.5. The Morgan fingerprint density at radius 3 is 2.50 bits per heavy atom. The number of fused-ring (bicyclic) bond motifs is 1. The first-order valence-electron chi connectivity index (χ1n) is 8.01. The summed E-state index contributed by atoms with van der Waals surface area (Å²) in [5.41, 5.74) is 2.71. The van der Waals surface area contributed by atoms with Gasteiger partial charge in [-0.1, -0.05) is 29.5 Å². The number of thiazole rings is 1. The van der Waals surface area contributed by atoms with Crippen molar-refractivity contribution < 1.29 is 19.0 Å². The number of amides is 1. The summed E-state index contributed by atoms with van der Waals surface area (Å²) in [6.07, 6.45) is 0.137. The van der Waals surface area contributed by atoms with E-state index in [4.69, 9.17) is 14.2 Å². The molecule has 0 saturated carbocycles. The van der Waals surface area contributed by atoms with Crippen molar-refractivity contribution >= 4 is 32.6 Å². The van der Waals surface area contributed by atoms with E-state index in [0.29, 0.717) is 27.9 Å². The third-order valence-electron chi connectivity index (χ3n) is 4.00. The number of hydrogen-bond donors (Lipinski definition) is 1. The molecule has 3 rings (SSSR count). The van der Waals surface area contributed by atoms with Gasteiger partial charge in [-0.05, 0) is 24.6 Å². The van der Waals surface area contributed by atoms with E-state index < -0.39 is 0 Å². The lowest BCUT2D eigenvalue weighted by Gasteiger charge is -2.15. The standard InChI is InChI=1S/C19H20N2O4S/c1-11-6-5-7-14-16(11)21-19(26-14)20-15(22)10-12-8-9-13(23-2)18(25-4)17(12)24-3/h5-9H,10H2,1-4H3,(H,20,21,22). The second-order valence-electron chi connectivity index (χ2n) is 5.66. The number of para-hydroxylation sites is 1. The van der Waals surface area contributed by atoms with Crippen LogP contribution in [-0.2, 0) is 11.2 Å². The first kappa shape index (κ1) is 18.0. The van der Waals surface area contributed by atoms with Crippen molar-refractivity contribution in [1.29, 1.82) is 0 Å². The normalized spacial score (nSPS) is 10.6. The first-order chi connectivity index (χ1) is 12.6. The van der Waals surface area contributed by atoms with Crippen LogP contribution < -0.4 is 19.5 Å². The van der Waals surface area contributed by atoms with Gasteiger partial charge in [0.1, 0.15) is 0 Å². The van der Waals surface area contributed by atoms with Crippen LogP contribution in [-0.4, -0.2) is 32.2 Å². The van der Waals surface area contributed by atoms with Gasteiger partial charge in [-0.25, -0.2) is 4.98 Å². The van der Waals surface area contributed by atoms with E-state index in [9.17, 15) is 4.79 Å². The molecule has 0 aliphatic heterocycles. The highest BCUT2D eigenvalue weighted by Gasteiger charge is 2.18. The monoisotopic (exact) mass is 372 g/mol. The van der Waals surface area contributed by atoms with Crippen LogP contribution in [0.15, 0.2) is 30.3 Å². The summed E-state index contributed by atoms with van der Waals surface area (Å²) in [5.74, 6) is 1.33. The number of carbonyl (C=O) groups is 1. The number of nitrogens with zero attached hydrogens (tertiary/aromatic N) is 1. The van der Waals surface area contributed by atoms with E-state index >= 15 is 0 Å². The van der Waals surface area contributed by atoms with Crippen molar-refractivity contribution in [2.24, 2.45) is 0 Å². The minimum absolute atomic E-state index is 0.137. The van der Waals surface area contributed by atoms with Crippen LogP contribution in [0.2, 0.25) is 0 Å². The van der Waals surface area contributed by atoms with Crippen molar-refractivity contribution in [2.45, 2.75) is 13.3 Å². The van der Waals surface area contributed by atoms with Gasteiger partial charge in [0.25, 0.3) is 0 Å². The van der Waals surface area contributed by atoms with Crippen LogP contribution in [0.5, 0.6) is 17.2 Å². The van der Waals surface area contributed by atoms with Crippen molar-refractivity contribution in [3.8, 4) is 17.2 Å². The minimum Gasteiger partial charge on any atom is -0.493 e. The number of aryl methyl sites for hydroxylation is 1. The van der Waals surface area contributed by atoms with Gasteiger partial charge in [0.15, 0.2) is 16.6 Å². The predicted octanol–water partition coefficient (Wildman–Crippen LogP) is 3.81. The lowest BCUT2D eigenvalue weighted by molar-refractivity contribution is -0.115. The van der Waals surface area contributed by atoms with Crippen molar-refractivity contribution in [1.82, 2.24) is 4.98 Å². The summed E-state index contributed by atoms with van der Waals surface area (Å²) in [5, 5.41) is 3.45. The fourth-order valence-electron chi connectivity index (χ4n) is 2.78. The van der Waals surface area contributed by atoms with Crippen LogP contribution in [0.1, 0.15) is 11.1 Å². The Morgan fingerprint density at radius 1 is 1.08 bits per heavy atom. The van der Waals surface area contributed by atoms with Crippen molar-refractivity contribution in [3.63, 3.8) is 0 Å². The van der Waals surface area contributed by atoms with Crippen LogP contribution in [0.25, 0.3) is 10.2 Å². The Balaban J connectivity index is 1.82. The molecule has 0 bridgehead atoms. The third-order valence-corrected chi connectivity index (χ3v) is 4.94. The Hall–Kier alpha value is -2.80. The summed E-state index contributed by atoms with van der Waals surface area (Å²) < 4.78 is 17.1. The topological polar surface area (TPSA) is 69.7 Å². The second-order valence-corrected chi connectivity index (χ2v) is 6.69. The number of carbonyl (C=O) groups excluding carboxylic acids is 1. The lowest BCUT2D eigenvalue weighted by Crippen LogP contribution is -2.15. The van der Waals surface area contributed by atoms with Crippen LogP contribution in [0, 0.1) is 6.92 Å². The maximum absolute atomic E-state index is 12.5. The Morgan fingerprint density at radius 2 is 1.85 bits per heavy atom. The average Bonchev–Trinajstić information content (AvgIpc) is 3.04. The highest BCUT2D eigenvalue weighted by atomic mass is 32.1. The molecule has 0 aliphatic rings. The zero-order valence-corrected chi connectivity index (χ0v) is 15.9. The Bertz CT molecular complexity index is 952. The fraction of sp³-hybridized carbons (Fsp3) is 0.263. The van der Waals surface area contributed by atoms with Gasteiger partial charge < -0.3 is 19.5 Å². The number of anilines is 1. The predicted molar refractivity (Wildman–Crippen MR) is 103 cm³/mol. The van der Waals surface area contributed by atoms with Gasteiger partial charge in [-0.15, -0.1) is 0 Å². The molecule has 26 heavy (non-hydrogen) atoms. The number of rotatable bonds is 6. The quantitative estimate of drug-likeness (QED) is 0.712. The molecule has 7 heteroatoms. The Labute approximate surface area is 155 Å². The summed E-state index contributed by atoms with van der Waals surface area (Å²) in [7, 11) is 4.63. The Kier molecular flexibility index (Phi) is 5.27. The molecule has 1 heterocycles. The van der Waals surface area contributed by atoms with Crippen molar-refractivity contribution in [2.75, 3.05) is 26.6 Å². The van der Waals surface area contributed by atoms with E-state index in [1.807, 2.05) is 25.1 Å². The third kappa shape index (κ3) is 3.43. The fourth-order valence-corrected chi connectivity index (χ4v) is 3.74. The van der Waals surface area contributed by atoms with Gasteiger partial charge in [0.05, 0.1) is 38.0 Å². The summed E-state index contributed by atoms with van der Waals surface area (Å²) >= 11 is 1.46. The molecule has 0 spiro atoms. The van der Waals surface area contributed by atoms with E-state index in [0.717, 1.165) is 15.8 Å². The van der Waals surface area contributed by atoms with E-state index in [2.05, 4.69) is 10.3 Å². The zero-order valence-electron chi connectivity index (χ0n) is 15.1. The number of nitrogens with one attached hydrogen (secondary N) is 1. The molecule has 136 valence electrons. The number of aromatic nitrogens is 1. The van der Waals surface area contributed by atoms with E-state index in [1.165, 1.54) is 25.6 Å². The molecule has 1 amide bonds. The molecule has 0 radical (unpaired) electrons. The SMILES string of the molecule is COc1ccc(CC(=O)Nc2nc3c(C)cccc3s2)c(OC)c1OC. The number of methoxy groups -OCH3 is 3. The van der Waals surface area contributed by atoms with E-state index in [-0.39, 0.29) is 12.3 Å². The second kappa shape index (κ2) is 7.61. The molecule has 6 nitrogen and oxygen atoms in total. The molecule has 3 aromatic rings. The number of ether oxygens (including phenoxy) is 3. The molecule has 1 aromatic heterocycles. The van der Waals surface area contributed by atoms with Crippen LogP contribution in [0.4, 0.5) is 5.13 Å². The molecule has 2 aromatic carbocycles. The van der Waals surface area contributed by atoms with Crippen LogP contribution >= 0.6 is 11.3 Å². The molecule has 0 unspecified atom stereocenters. The molecule has 0 saturated heterocycles. The first-order valence-corrected chi connectivity index (χ1v) is 8.83. The van der Waals surface area contributed by atoms with Gasteiger partial charge in [-0.3, -0.25) is 4.79 Å². The highest BCUT2D eigenvalue weighted by Crippen LogP contribution is 2.40. The van der Waals surface area contributed by atoms with Crippen LogP contribution in [0.3, 0.4) is 0 Å². The minimum atomic E-state index is -0.174. The zero-order chi connectivity index (χ0) is 18.7. The van der Waals surface area contributed by atoms with Gasteiger partial charge in [0, 0.05) is 5.56 Å². The lowest BCUT2D eigenvalue weighted by atomic mass is 10.1. The average molecular weight is 372 g/mol. The van der Waals surface area contributed by atoms with Gasteiger partial charge in [-0.2, -0.15) is 0 Å².